The van der Waals surface area contributed by atoms with Crippen LogP contribution in [0.2, 0.25) is 0 Å². The van der Waals surface area contributed by atoms with Crippen LogP contribution in [0.15, 0.2) is 53.3 Å². The molecule has 0 spiro atoms. The van der Waals surface area contributed by atoms with Crippen molar-refractivity contribution in [2.75, 3.05) is 5.73 Å². The van der Waals surface area contributed by atoms with Crippen LogP contribution in [0.3, 0.4) is 0 Å². The molecule has 3 nitrogen and oxygen atoms in total. The topological polar surface area (TPSA) is 48.1 Å². The second-order valence-electron chi connectivity index (χ2n) is 4.25. The first-order valence-electron chi connectivity index (χ1n) is 5.90. The number of rotatable bonds is 2. The molecule has 0 saturated heterocycles. The Balaban J connectivity index is 2.04. The van der Waals surface area contributed by atoms with Crippen LogP contribution < -0.4 is 10.5 Å². The van der Waals surface area contributed by atoms with E-state index in [2.05, 4.69) is 20.9 Å². The van der Waals surface area contributed by atoms with E-state index in [1.165, 1.54) is 12.1 Å². The summed E-state index contributed by atoms with van der Waals surface area (Å²) in [5.41, 5.74) is 6.63. The van der Waals surface area contributed by atoms with Crippen molar-refractivity contribution in [3.05, 3.63) is 59.1 Å². The summed E-state index contributed by atoms with van der Waals surface area (Å²) in [4.78, 5) is 4.05. The lowest BCUT2D eigenvalue weighted by Crippen LogP contribution is -1.94. The highest BCUT2D eigenvalue weighted by Crippen LogP contribution is 2.36. The third-order valence-corrected chi connectivity index (χ3v) is 3.56. The summed E-state index contributed by atoms with van der Waals surface area (Å²) in [7, 11) is 0. The van der Waals surface area contributed by atoms with Gasteiger partial charge in [-0.2, -0.15) is 0 Å². The lowest BCUT2D eigenvalue weighted by atomic mass is 10.1. The maximum atomic E-state index is 13.1. The van der Waals surface area contributed by atoms with Gasteiger partial charge in [0.15, 0.2) is 5.75 Å². The van der Waals surface area contributed by atoms with E-state index in [4.69, 9.17) is 10.5 Å². The van der Waals surface area contributed by atoms with Gasteiger partial charge in [-0.05, 0) is 52.3 Å². The summed E-state index contributed by atoms with van der Waals surface area (Å²) in [6.07, 6.45) is 3.42. The molecule has 0 amide bonds. The number of fused-ring (bicyclic) bond motifs is 1. The Labute approximate surface area is 123 Å². The van der Waals surface area contributed by atoms with E-state index in [0.717, 1.165) is 10.8 Å². The van der Waals surface area contributed by atoms with Crippen molar-refractivity contribution < 1.29 is 9.13 Å². The smallest absolute Gasteiger partial charge is 0.151 e. The molecule has 100 valence electrons. The van der Waals surface area contributed by atoms with Gasteiger partial charge in [0.25, 0.3) is 0 Å². The number of hydrogen-bond acceptors (Lipinski definition) is 3. The van der Waals surface area contributed by atoms with Gasteiger partial charge in [-0.15, -0.1) is 0 Å². The highest BCUT2D eigenvalue weighted by Gasteiger charge is 2.09. The lowest BCUT2D eigenvalue weighted by molar-refractivity contribution is 0.480. The molecule has 0 fully saturated rings. The molecule has 20 heavy (non-hydrogen) atoms. The van der Waals surface area contributed by atoms with Crippen molar-refractivity contribution in [3.8, 4) is 11.5 Å². The van der Waals surface area contributed by atoms with E-state index in [9.17, 15) is 4.39 Å². The summed E-state index contributed by atoms with van der Waals surface area (Å²) < 4.78 is 19.3. The van der Waals surface area contributed by atoms with E-state index in [1.54, 1.807) is 24.5 Å². The van der Waals surface area contributed by atoms with E-state index < -0.39 is 0 Å². The normalized spacial score (nSPS) is 10.7. The molecular formula is C15H10BrFN2O. The predicted molar refractivity (Wildman–Crippen MR) is 80.3 cm³/mol. The van der Waals surface area contributed by atoms with Crippen LogP contribution in [-0.4, -0.2) is 4.98 Å². The van der Waals surface area contributed by atoms with E-state index in [-0.39, 0.29) is 5.82 Å². The number of nitrogens with two attached hydrogens (primary N) is 1. The van der Waals surface area contributed by atoms with E-state index >= 15 is 0 Å². The second kappa shape index (κ2) is 5.09. The fourth-order valence-electron chi connectivity index (χ4n) is 1.94. The monoisotopic (exact) mass is 332 g/mol. The van der Waals surface area contributed by atoms with Gasteiger partial charge >= 0.3 is 0 Å². The summed E-state index contributed by atoms with van der Waals surface area (Å²) in [6, 6.07) is 9.71. The zero-order valence-corrected chi connectivity index (χ0v) is 11.9. The molecule has 0 radical (unpaired) electrons. The summed E-state index contributed by atoms with van der Waals surface area (Å²) in [6.45, 7) is 0. The standard InChI is InChI=1S/C15H10BrFN2O/c16-12-7-10(17)2-4-13(12)20-14-3-1-9-8-19-6-5-11(9)15(14)18/h1-8H,18H2. The van der Waals surface area contributed by atoms with E-state index in [1.807, 2.05) is 12.1 Å². The summed E-state index contributed by atoms with van der Waals surface area (Å²) >= 11 is 3.26. The second-order valence-corrected chi connectivity index (χ2v) is 5.11. The Hall–Kier alpha value is -2.14. The van der Waals surface area contributed by atoms with Crippen molar-refractivity contribution in [2.45, 2.75) is 0 Å². The Morgan fingerprint density at radius 3 is 2.70 bits per heavy atom. The molecule has 0 saturated carbocycles. The molecule has 0 atom stereocenters. The molecule has 0 unspecified atom stereocenters. The quantitative estimate of drug-likeness (QED) is 0.702. The molecule has 1 aromatic heterocycles. The maximum Gasteiger partial charge on any atom is 0.151 e. The number of ether oxygens (including phenoxy) is 1. The molecule has 2 N–H and O–H groups in total. The summed E-state index contributed by atoms with van der Waals surface area (Å²) in [5, 5.41) is 1.81. The molecule has 5 heteroatoms. The number of halogens is 2. The Kier molecular flexibility index (Phi) is 3.28. The molecule has 3 rings (SSSR count). The van der Waals surface area contributed by atoms with Crippen LogP contribution in [0, 0.1) is 5.82 Å². The van der Waals surface area contributed by atoms with Gasteiger partial charge in [0.05, 0.1) is 10.2 Å². The van der Waals surface area contributed by atoms with Crippen molar-refractivity contribution in [2.24, 2.45) is 0 Å². The van der Waals surface area contributed by atoms with E-state index in [0.29, 0.717) is 21.7 Å². The number of anilines is 1. The van der Waals surface area contributed by atoms with Crippen molar-refractivity contribution >= 4 is 32.4 Å². The van der Waals surface area contributed by atoms with Crippen LogP contribution >= 0.6 is 15.9 Å². The fourth-order valence-corrected chi connectivity index (χ4v) is 2.37. The largest absolute Gasteiger partial charge is 0.454 e. The summed E-state index contributed by atoms with van der Waals surface area (Å²) in [5.74, 6) is 0.698. The average molecular weight is 333 g/mol. The van der Waals surface area contributed by atoms with Gasteiger partial charge in [0.2, 0.25) is 0 Å². The van der Waals surface area contributed by atoms with Crippen LogP contribution in [0.4, 0.5) is 10.1 Å². The number of pyridine rings is 1. The number of nitrogens with zero attached hydrogens (tertiary/aromatic N) is 1. The van der Waals surface area contributed by atoms with Crippen LogP contribution in [0.25, 0.3) is 10.8 Å². The zero-order chi connectivity index (χ0) is 14.1. The third kappa shape index (κ3) is 2.32. The lowest BCUT2D eigenvalue weighted by Gasteiger charge is -2.11. The maximum absolute atomic E-state index is 13.1. The van der Waals surface area contributed by atoms with Crippen LogP contribution in [0.5, 0.6) is 11.5 Å². The number of aromatic nitrogens is 1. The minimum atomic E-state index is -0.332. The van der Waals surface area contributed by atoms with Gasteiger partial charge < -0.3 is 10.5 Å². The Morgan fingerprint density at radius 1 is 1.10 bits per heavy atom. The average Bonchev–Trinajstić information content (AvgIpc) is 2.45. The predicted octanol–water partition coefficient (Wildman–Crippen LogP) is 4.51. The highest BCUT2D eigenvalue weighted by molar-refractivity contribution is 9.10. The molecule has 0 bridgehead atoms. The van der Waals surface area contributed by atoms with Crippen LogP contribution in [-0.2, 0) is 0 Å². The fraction of sp³-hybridized carbons (Fsp3) is 0. The molecule has 1 heterocycles. The zero-order valence-electron chi connectivity index (χ0n) is 10.3. The Bertz CT molecular complexity index is 792. The van der Waals surface area contributed by atoms with Crippen molar-refractivity contribution in [1.82, 2.24) is 4.98 Å². The molecule has 0 aliphatic rings. The van der Waals surface area contributed by atoms with Crippen LogP contribution in [0.1, 0.15) is 0 Å². The van der Waals surface area contributed by atoms with Gasteiger partial charge in [0, 0.05) is 23.2 Å². The molecular weight excluding hydrogens is 323 g/mol. The highest BCUT2D eigenvalue weighted by atomic mass is 79.9. The first-order valence-corrected chi connectivity index (χ1v) is 6.69. The van der Waals surface area contributed by atoms with Gasteiger partial charge in [-0.1, -0.05) is 0 Å². The molecule has 0 aliphatic carbocycles. The minimum Gasteiger partial charge on any atom is -0.454 e. The van der Waals surface area contributed by atoms with Crippen molar-refractivity contribution in [1.29, 1.82) is 0 Å². The number of benzene rings is 2. The third-order valence-electron chi connectivity index (χ3n) is 2.94. The Morgan fingerprint density at radius 2 is 1.90 bits per heavy atom. The van der Waals surface area contributed by atoms with Crippen molar-refractivity contribution in [3.63, 3.8) is 0 Å². The first-order chi connectivity index (χ1) is 9.65. The molecule has 3 aromatic rings. The molecule has 2 aromatic carbocycles. The number of hydrogen-bond donors (Lipinski definition) is 1. The molecule has 0 aliphatic heterocycles. The van der Waals surface area contributed by atoms with Gasteiger partial charge in [-0.3, -0.25) is 4.98 Å². The van der Waals surface area contributed by atoms with Gasteiger partial charge in [0.1, 0.15) is 11.6 Å². The van der Waals surface area contributed by atoms with Gasteiger partial charge in [-0.25, -0.2) is 4.39 Å². The SMILES string of the molecule is Nc1c(Oc2ccc(F)cc2Br)ccc2cnccc12. The number of nitrogen functional groups attached to an aromatic ring is 1. The minimum absolute atomic E-state index is 0.332. The first kappa shape index (κ1) is 12.9.